The standard InChI is InChI=1S/C17H23N3O2S/c1-12-10-20(7-8-22-12)11-16(21)19-17-14(9-18)13-5-3-2-4-6-15(13)23-17/h12H,2-8,10-11H2,1H3,(H,19,21)/t12-/m1/s1. The number of hydrogen-bond acceptors (Lipinski definition) is 5. The summed E-state index contributed by atoms with van der Waals surface area (Å²) in [6.45, 7) is 4.61. The Labute approximate surface area is 141 Å². The summed E-state index contributed by atoms with van der Waals surface area (Å²) in [6, 6.07) is 2.31. The van der Waals surface area contributed by atoms with Crippen LogP contribution in [-0.4, -0.2) is 43.2 Å². The molecule has 124 valence electrons. The monoisotopic (exact) mass is 333 g/mol. The van der Waals surface area contributed by atoms with Crippen LogP contribution in [-0.2, 0) is 22.4 Å². The van der Waals surface area contributed by atoms with Gasteiger partial charge in [0, 0.05) is 18.0 Å². The Kier molecular flexibility index (Phi) is 5.31. The highest BCUT2D eigenvalue weighted by Gasteiger charge is 2.23. The van der Waals surface area contributed by atoms with Crippen molar-refractivity contribution in [2.45, 2.75) is 45.1 Å². The molecule has 0 aromatic carbocycles. The molecule has 6 heteroatoms. The number of aryl methyl sites for hydroxylation is 1. The van der Waals surface area contributed by atoms with Crippen LogP contribution < -0.4 is 5.32 Å². The summed E-state index contributed by atoms with van der Waals surface area (Å²) < 4.78 is 5.50. The van der Waals surface area contributed by atoms with Crippen LogP contribution in [0.1, 0.15) is 42.2 Å². The summed E-state index contributed by atoms with van der Waals surface area (Å²) in [4.78, 5) is 15.7. The summed E-state index contributed by atoms with van der Waals surface area (Å²) in [5, 5.41) is 13.2. The first-order chi connectivity index (χ1) is 11.2. The van der Waals surface area contributed by atoms with Gasteiger partial charge < -0.3 is 10.1 Å². The van der Waals surface area contributed by atoms with E-state index in [1.807, 2.05) is 6.92 Å². The summed E-state index contributed by atoms with van der Waals surface area (Å²) in [5.41, 5.74) is 1.86. The average molecular weight is 333 g/mol. The lowest BCUT2D eigenvalue weighted by Gasteiger charge is -2.30. The van der Waals surface area contributed by atoms with Crippen LogP contribution in [0.2, 0.25) is 0 Å². The third-order valence-corrected chi connectivity index (χ3v) is 5.69. The molecule has 1 N–H and O–H groups in total. The first-order valence-corrected chi connectivity index (χ1v) is 9.17. The van der Waals surface area contributed by atoms with Crippen molar-refractivity contribution in [1.29, 1.82) is 5.26 Å². The molecule has 1 amide bonds. The molecule has 5 nitrogen and oxygen atoms in total. The number of hydrogen-bond donors (Lipinski definition) is 1. The fraction of sp³-hybridized carbons (Fsp3) is 0.647. The van der Waals surface area contributed by atoms with Crippen LogP contribution in [0.4, 0.5) is 5.00 Å². The summed E-state index contributed by atoms with van der Waals surface area (Å²) in [5.74, 6) is -0.0352. The van der Waals surface area contributed by atoms with E-state index < -0.39 is 0 Å². The van der Waals surface area contributed by atoms with Crippen LogP contribution in [0.15, 0.2) is 0 Å². The van der Waals surface area contributed by atoms with E-state index in [2.05, 4.69) is 16.3 Å². The minimum Gasteiger partial charge on any atom is -0.376 e. The lowest BCUT2D eigenvalue weighted by atomic mass is 10.1. The third kappa shape index (κ3) is 3.92. The molecule has 1 aromatic heterocycles. The van der Waals surface area contributed by atoms with Gasteiger partial charge in [0.2, 0.25) is 5.91 Å². The van der Waals surface area contributed by atoms with E-state index in [-0.39, 0.29) is 12.0 Å². The van der Waals surface area contributed by atoms with Crippen LogP contribution >= 0.6 is 11.3 Å². The van der Waals surface area contributed by atoms with E-state index in [1.54, 1.807) is 11.3 Å². The summed E-state index contributed by atoms with van der Waals surface area (Å²) >= 11 is 1.59. The van der Waals surface area contributed by atoms with Crippen molar-refractivity contribution in [3.8, 4) is 6.07 Å². The number of ether oxygens (including phenoxy) is 1. The van der Waals surface area contributed by atoms with Crippen molar-refractivity contribution in [3.05, 3.63) is 16.0 Å². The highest BCUT2D eigenvalue weighted by molar-refractivity contribution is 7.16. The Morgan fingerprint density at radius 2 is 2.26 bits per heavy atom. The van der Waals surface area contributed by atoms with Crippen molar-refractivity contribution in [2.75, 3.05) is 31.6 Å². The molecule has 0 bridgehead atoms. The summed E-state index contributed by atoms with van der Waals surface area (Å²) in [7, 11) is 0. The minimum atomic E-state index is -0.0352. The van der Waals surface area contributed by atoms with Crippen molar-refractivity contribution < 1.29 is 9.53 Å². The predicted molar refractivity (Wildman–Crippen MR) is 90.8 cm³/mol. The number of anilines is 1. The third-order valence-electron chi connectivity index (χ3n) is 4.48. The van der Waals surface area contributed by atoms with Crippen molar-refractivity contribution in [1.82, 2.24) is 4.90 Å². The van der Waals surface area contributed by atoms with Gasteiger partial charge in [0.1, 0.15) is 11.1 Å². The van der Waals surface area contributed by atoms with Crippen molar-refractivity contribution in [2.24, 2.45) is 0 Å². The smallest absolute Gasteiger partial charge is 0.239 e. The van der Waals surface area contributed by atoms with Gasteiger partial charge in [-0.25, -0.2) is 0 Å². The van der Waals surface area contributed by atoms with Crippen molar-refractivity contribution >= 4 is 22.2 Å². The van der Waals surface area contributed by atoms with E-state index >= 15 is 0 Å². The molecule has 0 unspecified atom stereocenters. The van der Waals surface area contributed by atoms with Gasteiger partial charge in [-0.3, -0.25) is 9.69 Å². The number of fused-ring (bicyclic) bond motifs is 1. The molecule has 1 saturated heterocycles. The molecule has 1 aromatic rings. The Hall–Kier alpha value is -1.42. The highest BCUT2D eigenvalue weighted by atomic mass is 32.1. The lowest BCUT2D eigenvalue weighted by Crippen LogP contribution is -2.44. The number of thiophene rings is 1. The zero-order chi connectivity index (χ0) is 16.2. The fourth-order valence-corrected chi connectivity index (χ4v) is 4.61. The predicted octanol–water partition coefficient (Wildman–Crippen LogP) is 2.55. The second-order valence-corrected chi connectivity index (χ2v) is 7.45. The zero-order valence-electron chi connectivity index (χ0n) is 13.6. The van der Waals surface area contributed by atoms with Gasteiger partial charge in [-0.05, 0) is 38.2 Å². The average Bonchev–Trinajstić information content (AvgIpc) is 2.67. The Morgan fingerprint density at radius 3 is 3.04 bits per heavy atom. The van der Waals surface area contributed by atoms with E-state index in [0.29, 0.717) is 18.7 Å². The molecular formula is C17H23N3O2S. The molecule has 2 aliphatic rings. The first-order valence-electron chi connectivity index (χ1n) is 8.36. The largest absolute Gasteiger partial charge is 0.376 e. The Bertz CT molecular complexity index is 620. The second-order valence-electron chi connectivity index (χ2n) is 6.35. The van der Waals surface area contributed by atoms with Gasteiger partial charge in [0.05, 0.1) is 24.8 Å². The zero-order valence-corrected chi connectivity index (χ0v) is 14.4. The quantitative estimate of drug-likeness (QED) is 0.863. The number of rotatable bonds is 3. The second kappa shape index (κ2) is 7.43. The van der Waals surface area contributed by atoms with Crippen LogP contribution in [0.5, 0.6) is 0 Å². The topological polar surface area (TPSA) is 65.4 Å². The molecule has 3 rings (SSSR count). The molecule has 2 heterocycles. The Balaban J connectivity index is 1.67. The molecule has 1 aliphatic heterocycles. The maximum Gasteiger partial charge on any atom is 0.239 e. The maximum absolute atomic E-state index is 12.3. The van der Waals surface area contributed by atoms with Gasteiger partial charge >= 0.3 is 0 Å². The lowest BCUT2D eigenvalue weighted by molar-refractivity contribution is -0.119. The van der Waals surface area contributed by atoms with Crippen LogP contribution in [0.25, 0.3) is 0 Å². The number of amides is 1. The fourth-order valence-electron chi connectivity index (χ4n) is 3.35. The van der Waals surface area contributed by atoms with E-state index in [4.69, 9.17) is 4.74 Å². The number of nitrogens with one attached hydrogen (secondary N) is 1. The Morgan fingerprint density at radius 1 is 1.43 bits per heavy atom. The normalized spacial score (nSPS) is 22.0. The number of carbonyl (C=O) groups is 1. The van der Waals surface area contributed by atoms with E-state index in [1.165, 1.54) is 23.3 Å². The molecule has 0 spiro atoms. The minimum absolute atomic E-state index is 0.0352. The summed E-state index contributed by atoms with van der Waals surface area (Å²) in [6.07, 6.45) is 5.71. The van der Waals surface area contributed by atoms with Gasteiger partial charge in [0.15, 0.2) is 0 Å². The molecule has 1 fully saturated rings. The number of carbonyl (C=O) groups excluding carboxylic acids is 1. The number of morpholine rings is 1. The van der Waals surface area contributed by atoms with Gasteiger partial charge in [0.25, 0.3) is 0 Å². The van der Waals surface area contributed by atoms with E-state index in [9.17, 15) is 10.1 Å². The number of nitrogens with zero attached hydrogens (tertiary/aromatic N) is 2. The molecule has 0 saturated carbocycles. The van der Waals surface area contributed by atoms with Gasteiger partial charge in [-0.15, -0.1) is 11.3 Å². The molecule has 23 heavy (non-hydrogen) atoms. The molecule has 1 aliphatic carbocycles. The van der Waals surface area contributed by atoms with Gasteiger partial charge in [-0.2, -0.15) is 5.26 Å². The number of nitriles is 1. The molecule has 1 atom stereocenters. The maximum atomic E-state index is 12.3. The van der Waals surface area contributed by atoms with Crippen molar-refractivity contribution in [3.63, 3.8) is 0 Å². The molecule has 0 radical (unpaired) electrons. The van der Waals surface area contributed by atoms with Gasteiger partial charge in [-0.1, -0.05) is 6.42 Å². The van der Waals surface area contributed by atoms with E-state index in [0.717, 1.165) is 37.4 Å². The van der Waals surface area contributed by atoms with Crippen LogP contribution in [0.3, 0.4) is 0 Å². The van der Waals surface area contributed by atoms with Crippen LogP contribution in [0, 0.1) is 11.3 Å². The first kappa shape index (κ1) is 16.4. The molecular weight excluding hydrogens is 310 g/mol. The highest BCUT2D eigenvalue weighted by Crippen LogP contribution is 2.36. The SMILES string of the molecule is C[C@@H]1CN(CC(=O)Nc2sc3c(c2C#N)CCCCC3)CCO1.